The van der Waals surface area contributed by atoms with E-state index in [0.29, 0.717) is 24.5 Å². The lowest BCUT2D eigenvalue weighted by Crippen LogP contribution is -2.44. The molecule has 4 nitrogen and oxygen atoms in total. The lowest BCUT2D eigenvalue weighted by atomic mass is 10.1. The molecule has 110 valence electrons. The van der Waals surface area contributed by atoms with E-state index in [1.165, 1.54) is 5.75 Å². The summed E-state index contributed by atoms with van der Waals surface area (Å²) in [7, 11) is 0. The summed E-state index contributed by atoms with van der Waals surface area (Å²) in [6, 6.07) is 4.51. The van der Waals surface area contributed by atoms with Crippen molar-refractivity contribution in [3.05, 3.63) is 17.7 Å². The van der Waals surface area contributed by atoms with Crippen LogP contribution in [0.25, 0.3) is 0 Å². The van der Waals surface area contributed by atoms with Crippen molar-refractivity contribution in [2.45, 2.75) is 31.7 Å². The van der Waals surface area contributed by atoms with E-state index < -0.39 is 0 Å². The van der Waals surface area contributed by atoms with Crippen LogP contribution in [-0.4, -0.2) is 41.7 Å². The first-order chi connectivity index (χ1) is 9.65. The van der Waals surface area contributed by atoms with E-state index in [9.17, 15) is 0 Å². The van der Waals surface area contributed by atoms with Gasteiger partial charge in [0.25, 0.3) is 0 Å². The standard InChI is InChI=1S/C15H22N2O2S/c1-10-11(2)20-6-3-17(10)9-12-7-14-15(8-13(12)16)19-5-4-18-14/h7-8,10-11H,3-6,9,16H2,1-2H3. The number of ether oxygens (including phenoxy) is 2. The zero-order valence-corrected chi connectivity index (χ0v) is 12.9. The van der Waals surface area contributed by atoms with Gasteiger partial charge in [0.05, 0.1) is 0 Å². The Hall–Kier alpha value is -1.07. The Labute approximate surface area is 124 Å². The third-order valence-electron chi connectivity index (χ3n) is 4.19. The number of nitrogen functional groups attached to an aromatic ring is 1. The Morgan fingerprint density at radius 2 is 1.95 bits per heavy atom. The molecule has 0 amide bonds. The molecule has 5 heteroatoms. The number of thioether (sulfide) groups is 1. The zero-order chi connectivity index (χ0) is 14.1. The van der Waals surface area contributed by atoms with Crippen molar-refractivity contribution < 1.29 is 9.47 Å². The van der Waals surface area contributed by atoms with Crippen LogP contribution in [0.2, 0.25) is 0 Å². The predicted octanol–water partition coefficient (Wildman–Crippen LogP) is 2.37. The summed E-state index contributed by atoms with van der Waals surface area (Å²) in [6.07, 6.45) is 0. The largest absolute Gasteiger partial charge is 0.486 e. The second-order valence-electron chi connectivity index (χ2n) is 5.48. The molecular weight excluding hydrogens is 272 g/mol. The van der Waals surface area contributed by atoms with E-state index in [1.807, 2.05) is 23.9 Å². The SMILES string of the molecule is CC1SCCN(Cc2cc3c(cc2N)OCCO3)C1C. The molecule has 0 radical (unpaired) electrons. The lowest BCUT2D eigenvalue weighted by Gasteiger charge is -2.37. The van der Waals surface area contributed by atoms with Gasteiger partial charge in [-0.2, -0.15) is 11.8 Å². The fraction of sp³-hybridized carbons (Fsp3) is 0.600. The van der Waals surface area contributed by atoms with Crippen LogP contribution in [0.15, 0.2) is 12.1 Å². The molecule has 2 heterocycles. The number of hydrogen-bond donors (Lipinski definition) is 1. The molecule has 20 heavy (non-hydrogen) atoms. The highest BCUT2D eigenvalue weighted by atomic mass is 32.2. The Balaban J connectivity index is 1.80. The van der Waals surface area contributed by atoms with Gasteiger partial charge in [-0.3, -0.25) is 4.90 Å². The van der Waals surface area contributed by atoms with Gasteiger partial charge in [-0.1, -0.05) is 6.92 Å². The van der Waals surface area contributed by atoms with Crippen molar-refractivity contribution in [2.24, 2.45) is 0 Å². The highest BCUT2D eigenvalue weighted by Gasteiger charge is 2.26. The van der Waals surface area contributed by atoms with Crippen molar-refractivity contribution in [1.82, 2.24) is 4.90 Å². The van der Waals surface area contributed by atoms with Gasteiger partial charge in [-0.05, 0) is 18.6 Å². The summed E-state index contributed by atoms with van der Waals surface area (Å²) < 4.78 is 11.2. The van der Waals surface area contributed by atoms with Crippen LogP contribution in [0.4, 0.5) is 5.69 Å². The monoisotopic (exact) mass is 294 g/mol. The van der Waals surface area contributed by atoms with E-state index in [2.05, 4.69) is 18.7 Å². The third kappa shape index (κ3) is 2.69. The highest BCUT2D eigenvalue weighted by molar-refractivity contribution is 8.00. The molecule has 2 N–H and O–H groups in total. The number of benzene rings is 1. The van der Waals surface area contributed by atoms with Gasteiger partial charge in [-0.25, -0.2) is 0 Å². The maximum absolute atomic E-state index is 6.17. The number of anilines is 1. The van der Waals surface area contributed by atoms with Crippen LogP contribution < -0.4 is 15.2 Å². The van der Waals surface area contributed by atoms with Crippen LogP contribution >= 0.6 is 11.8 Å². The molecule has 1 saturated heterocycles. The second kappa shape index (κ2) is 5.74. The summed E-state index contributed by atoms with van der Waals surface area (Å²) in [6.45, 7) is 7.81. The van der Waals surface area contributed by atoms with E-state index in [1.54, 1.807) is 0 Å². The van der Waals surface area contributed by atoms with E-state index >= 15 is 0 Å². The van der Waals surface area contributed by atoms with Gasteiger partial charge < -0.3 is 15.2 Å². The van der Waals surface area contributed by atoms with E-state index in [4.69, 9.17) is 15.2 Å². The third-order valence-corrected chi connectivity index (χ3v) is 5.53. The first-order valence-corrected chi connectivity index (χ1v) is 8.23. The van der Waals surface area contributed by atoms with Gasteiger partial charge in [0, 0.05) is 41.9 Å². The molecule has 0 saturated carbocycles. The van der Waals surface area contributed by atoms with Crippen molar-refractivity contribution in [3.63, 3.8) is 0 Å². The molecular formula is C15H22N2O2S. The van der Waals surface area contributed by atoms with E-state index in [0.717, 1.165) is 35.8 Å². The van der Waals surface area contributed by atoms with Crippen LogP contribution in [-0.2, 0) is 6.54 Å². The number of nitrogens with zero attached hydrogens (tertiary/aromatic N) is 1. The Bertz CT molecular complexity index is 495. The topological polar surface area (TPSA) is 47.7 Å². The first kappa shape index (κ1) is 13.9. The zero-order valence-electron chi connectivity index (χ0n) is 12.1. The highest BCUT2D eigenvalue weighted by Crippen LogP contribution is 2.35. The quantitative estimate of drug-likeness (QED) is 0.849. The van der Waals surface area contributed by atoms with Gasteiger partial charge in [0.15, 0.2) is 11.5 Å². The summed E-state index contributed by atoms with van der Waals surface area (Å²) in [5.74, 6) is 2.79. The molecule has 1 fully saturated rings. The summed E-state index contributed by atoms with van der Waals surface area (Å²) in [5.41, 5.74) is 8.11. The molecule has 0 bridgehead atoms. The average Bonchev–Trinajstić information content (AvgIpc) is 2.44. The molecule has 1 aromatic rings. The van der Waals surface area contributed by atoms with Gasteiger partial charge in [0.1, 0.15) is 13.2 Å². The molecule has 0 aromatic heterocycles. The lowest BCUT2D eigenvalue weighted by molar-refractivity contribution is 0.170. The second-order valence-corrected chi connectivity index (χ2v) is 6.97. The van der Waals surface area contributed by atoms with Crippen LogP contribution in [0.5, 0.6) is 11.5 Å². The van der Waals surface area contributed by atoms with Crippen LogP contribution in [0.1, 0.15) is 19.4 Å². The molecule has 2 aliphatic rings. The van der Waals surface area contributed by atoms with Crippen molar-refractivity contribution in [2.75, 3.05) is 31.2 Å². The fourth-order valence-electron chi connectivity index (χ4n) is 2.72. The smallest absolute Gasteiger partial charge is 0.163 e. The molecule has 0 spiro atoms. The number of fused-ring (bicyclic) bond motifs is 1. The van der Waals surface area contributed by atoms with Gasteiger partial charge in [-0.15, -0.1) is 0 Å². The summed E-state index contributed by atoms with van der Waals surface area (Å²) in [4.78, 5) is 2.50. The fourth-order valence-corrected chi connectivity index (χ4v) is 3.88. The van der Waals surface area contributed by atoms with Gasteiger partial charge >= 0.3 is 0 Å². The van der Waals surface area contributed by atoms with Crippen LogP contribution in [0.3, 0.4) is 0 Å². The minimum absolute atomic E-state index is 0.571. The minimum atomic E-state index is 0.571. The molecule has 1 aromatic carbocycles. The first-order valence-electron chi connectivity index (χ1n) is 7.19. The van der Waals surface area contributed by atoms with Crippen LogP contribution in [0, 0.1) is 0 Å². The number of hydrogen-bond acceptors (Lipinski definition) is 5. The average molecular weight is 294 g/mol. The summed E-state index contributed by atoms with van der Waals surface area (Å²) in [5, 5.41) is 0.669. The maximum atomic E-state index is 6.17. The predicted molar refractivity (Wildman–Crippen MR) is 83.6 cm³/mol. The van der Waals surface area contributed by atoms with Crippen molar-refractivity contribution >= 4 is 17.4 Å². The van der Waals surface area contributed by atoms with Crippen molar-refractivity contribution in [3.8, 4) is 11.5 Å². The maximum Gasteiger partial charge on any atom is 0.163 e. The number of rotatable bonds is 2. The molecule has 2 aliphatic heterocycles. The normalized spacial score (nSPS) is 26.5. The Morgan fingerprint density at radius 1 is 1.25 bits per heavy atom. The molecule has 2 unspecified atom stereocenters. The van der Waals surface area contributed by atoms with Crippen molar-refractivity contribution in [1.29, 1.82) is 0 Å². The van der Waals surface area contributed by atoms with Gasteiger partial charge in [0.2, 0.25) is 0 Å². The minimum Gasteiger partial charge on any atom is -0.486 e. The Morgan fingerprint density at radius 3 is 2.70 bits per heavy atom. The molecule has 2 atom stereocenters. The Kier molecular flexibility index (Phi) is 3.98. The molecule has 3 rings (SSSR count). The van der Waals surface area contributed by atoms with E-state index in [-0.39, 0.29) is 0 Å². The summed E-state index contributed by atoms with van der Waals surface area (Å²) >= 11 is 2.05. The number of nitrogens with two attached hydrogens (primary N) is 1. The molecule has 0 aliphatic carbocycles.